The van der Waals surface area contributed by atoms with Crippen molar-refractivity contribution in [1.82, 2.24) is 19.9 Å². The predicted octanol–water partition coefficient (Wildman–Crippen LogP) is 4.55. The van der Waals surface area contributed by atoms with Crippen LogP contribution in [0.3, 0.4) is 0 Å². The molecule has 1 atom stereocenters. The van der Waals surface area contributed by atoms with E-state index in [1.165, 1.54) is 11.1 Å². The van der Waals surface area contributed by atoms with Crippen molar-refractivity contribution in [2.45, 2.75) is 33.2 Å². The smallest absolute Gasteiger partial charge is 0.225 e. The molecule has 1 N–H and O–H groups in total. The van der Waals surface area contributed by atoms with Gasteiger partial charge in [-0.05, 0) is 56.0 Å². The first-order chi connectivity index (χ1) is 17.0. The fourth-order valence-corrected chi connectivity index (χ4v) is 4.84. The third-order valence-electron chi connectivity index (χ3n) is 6.74. The predicted molar refractivity (Wildman–Crippen MR) is 138 cm³/mol. The van der Waals surface area contributed by atoms with E-state index in [0.717, 1.165) is 53.3 Å². The third kappa shape index (κ3) is 4.85. The number of benzene rings is 2. The fraction of sp³-hybridized carbons (Fsp3) is 0.321. The van der Waals surface area contributed by atoms with Crippen LogP contribution in [0, 0.1) is 19.8 Å². The number of amides is 1. The molecule has 0 unspecified atom stereocenters. The molecule has 3 heterocycles. The van der Waals surface area contributed by atoms with E-state index < -0.39 is 0 Å². The van der Waals surface area contributed by atoms with Crippen molar-refractivity contribution in [2.75, 3.05) is 25.1 Å². The molecule has 35 heavy (non-hydrogen) atoms. The van der Waals surface area contributed by atoms with E-state index in [0.29, 0.717) is 13.1 Å². The second kappa shape index (κ2) is 9.78. The number of nitrogens with one attached hydrogen (secondary N) is 1. The fourth-order valence-electron chi connectivity index (χ4n) is 4.84. The maximum atomic E-state index is 13.0. The Hall–Kier alpha value is -3.87. The van der Waals surface area contributed by atoms with Gasteiger partial charge < -0.3 is 15.0 Å². The maximum absolute atomic E-state index is 13.0. The quantitative estimate of drug-likeness (QED) is 0.448. The Morgan fingerprint density at radius 3 is 2.74 bits per heavy atom. The van der Waals surface area contributed by atoms with E-state index in [1.807, 2.05) is 35.0 Å². The summed E-state index contributed by atoms with van der Waals surface area (Å²) in [5.74, 6) is 1.70. The van der Waals surface area contributed by atoms with E-state index in [4.69, 9.17) is 14.8 Å². The summed E-state index contributed by atoms with van der Waals surface area (Å²) in [4.78, 5) is 19.9. The first kappa shape index (κ1) is 22.9. The minimum atomic E-state index is -0.0780. The SMILES string of the molecule is COc1ccc(CNC(=O)[C@@H]2CCCN(c3nccn4nc(-c5ccc(C)cc5C)cc34)C2)cc1. The number of rotatable bonds is 6. The molecule has 4 aromatic rings. The lowest BCUT2D eigenvalue weighted by Crippen LogP contribution is -2.43. The Bertz CT molecular complexity index is 1350. The molecule has 1 aliphatic heterocycles. The van der Waals surface area contributed by atoms with Gasteiger partial charge in [0.15, 0.2) is 5.82 Å². The zero-order chi connectivity index (χ0) is 24.4. The highest BCUT2D eigenvalue weighted by Crippen LogP contribution is 2.30. The first-order valence-corrected chi connectivity index (χ1v) is 12.1. The van der Waals surface area contributed by atoms with Crippen molar-refractivity contribution in [3.05, 3.63) is 77.6 Å². The van der Waals surface area contributed by atoms with Crippen molar-refractivity contribution in [3.63, 3.8) is 0 Å². The van der Waals surface area contributed by atoms with Gasteiger partial charge >= 0.3 is 0 Å². The molecule has 0 saturated carbocycles. The minimum absolute atomic E-state index is 0.0780. The lowest BCUT2D eigenvalue weighted by atomic mass is 9.97. The standard InChI is InChI=1S/C28H31N5O2/c1-19-6-11-24(20(2)15-19)25-16-26-27(29-12-14-33(26)31-25)32-13-4-5-22(18-32)28(34)30-17-21-7-9-23(35-3)10-8-21/h6-12,14-16,22H,4-5,13,17-18H2,1-3H3,(H,30,34)/t22-/m1/s1. The van der Waals surface area contributed by atoms with Crippen LogP contribution in [-0.2, 0) is 11.3 Å². The van der Waals surface area contributed by atoms with Crippen molar-refractivity contribution < 1.29 is 9.53 Å². The van der Waals surface area contributed by atoms with Crippen molar-refractivity contribution in [2.24, 2.45) is 5.92 Å². The van der Waals surface area contributed by atoms with Crippen LogP contribution >= 0.6 is 0 Å². The van der Waals surface area contributed by atoms with Gasteiger partial charge in [0.1, 0.15) is 11.3 Å². The van der Waals surface area contributed by atoms with Crippen LogP contribution in [0.4, 0.5) is 5.82 Å². The molecule has 1 saturated heterocycles. The zero-order valence-corrected chi connectivity index (χ0v) is 20.5. The summed E-state index contributed by atoms with van der Waals surface area (Å²) >= 11 is 0. The molecule has 180 valence electrons. The molecule has 0 spiro atoms. The number of carbonyl (C=O) groups excluding carboxylic acids is 1. The number of piperidine rings is 1. The summed E-state index contributed by atoms with van der Waals surface area (Å²) in [5.41, 5.74) is 6.51. The van der Waals surface area contributed by atoms with Gasteiger partial charge in [-0.1, -0.05) is 35.9 Å². The van der Waals surface area contributed by atoms with Crippen LogP contribution in [-0.4, -0.2) is 40.7 Å². The molecule has 1 aliphatic rings. The topological polar surface area (TPSA) is 71.8 Å². The number of hydrogen-bond donors (Lipinski definition) is 1. The van der Waals surface area contributed by atoms with Crippen LogP contribution in [0.25, 0.3) is 16.8 Å². The third-order valence-corrected chi connectivity index (χ3v) is 6.74. The summed E-state index contributed by atoms with van der Waals surface area (Å²) in [6.07, 6.45) is 5.49. The Labute approximate surface area is 205 Å². The second-order valence-electron chi connectivity index (χ2n) is 9.28. The highest BCUT2D eigenvalue weighted by molar-refractivity contribution is 5.81. The van der Waals surface area contributed by atoms with Crippen LogP contribution in [0.15, 0.2) is 60.9 Å². The highest BCUT2D eigenvalue weighted by Gasteiger charge is 2.28. The first-order valence-electron chi connectivity index (χ1n) is 12.1. The lowest BCUT2D eigenvalue weighted by Gasteiger charge is -2.33. The maximum Gasteiger partial charge on any atom is 0.225 e. The Balaban J connectivity index is 1.32. The summed E-state index contributed by atoms with van der Waals surface area (Å²) in [6, 6.07) is 16.3. The van der Waals surface area contributed by atoms with Crippen LogP contribution < -0.4 is 15.0 Å². The van der Waals surface area contributed by atoms with Crippen LogP contribution in [0.5, 0.6) is 5.75 Å². The average Bonchev–Trinajstić information content (AvgIpc) is 3.31. The van der Waals surface area contributed by atoms with Gasteiger partial charge in [-0.3, -0.25) is 4.79 Å². The zero-order valence-electron chi connectivity index (χ0n) is 20.5. The lowest BCUT2D eigenvalue weighted by molar-refractivity contribution is -0.125. The normalized spacial score (nSPS) is 15.9. The van der Waals surface area contributed by atoms with E-state index in [1.54, 1.807) is 13.3 Å². The Kier molecular flexibility index (Phi) is 6.40. The van der Waals surface area contributed by atoms with Gasteiger partial charge in [-0.2, -0.15) is 5.10 Å². The van der Waals surface area contributed by atoms with Gasteiger partial charge in [0.2, 0.25) is 5.91 Å². The Morgan fingerprint density at radius 2 is 1.97 bits per heavy atom. The Morgan fingerprint density at radius 1 is 1.14 bits per heavy atom. The number of methoxy groups -OCH3 is 1. The van der Waals surface area contributed by atoms with Crippen molar-refractivity contribution in [1.29, 1.82) is 0 Å². The van der Waals surface area contributed by atoms with Gasteiger partial charge in [0, 0.05) is 37.6 Å². The number of nitrogens with zero attached hydrogens (tertiary/aromatic N) is 4. The molecule has 5 rings (SSSR count). The monoisotopic (exact) mass is 469 g/mol. The molecule has 0 aliphatic carbocycles. The highest BCUT2D eigenvalue weighted by atomic mass is 16.5. The van der Waals surface area contributed by atoms with E-state index >= 15 is 0 Å². The molecule has 7 heteroatoms. The number of aromatic nitrogens is 3. The average molecular weight is 470 g/mol. The second-order valence-corrected chi connectivity index (χ2v) is 9.28. The molecule has 2 aromatic carbocycles. The van der Waals surface area contributed by atoms with Gasteiger partial charge in [-0.25, -0.2) is 9.50 Å². The van der Waals surface area contributed by atoms with Gasteiger partial charge in [-0.15, -0.1) is 0 Å². The van der Waals surface area contributed by atoms with Crippen LogP contribution in [0.2, 0.25) is 0 Å². The largest absolute Gasteiger partial charge is 0.497 e. The summed E-state index contributed by atoms with van der Waals surface area (Å²) in [6.45, 7) is 6.24. The van der Waals surface area contributed by atoms with Crippen molar-refractivity contribution >= 4 is 17.2 Å². The molecular formula is C28H31N5O2. The van der Waals surface area contributed by atoms with E-state index in [9.17, 15) is 4.79 Å². The van der Waals surface area contributed by atoms with Crippen molar-refractivity contribution in [3.8, 4) is 17.0 Å². The molecule has 2 aromatic heterocycles. The summed E-state index contributed by atoms with van der Waals surface area (Å²) < 4.78 is 7.10. The van der Waals surface area contributed by atoms with E-state index in [2.05, 4.69) is 48.3 Å². The molecule has 7 nitrogen and oxygen atoms in total. The number of ether oxygens (including phenoxy) is 1. The number of carbonyl (C=O) groups is 1. The molecule has 0 radical (unpaired) electrons. The minimum Gasteiger partial charge on any atom is -0.497 e. The molecule has 0 bridgehead atoms. The van der Waals surface area contributed by atoms with Gasteiger partial charge in [0.25, 0.3) is 0 Å². The summed E-state index contributed by atoms with van der Waals surface area (Å²) in [5, 5.41) is 7.93. The number of hydrogen-bond acceptors (Lipinski definition) is 5. The number of aryl methyl sites for hydroxylation is 2. The molecule has 1 fully saturated rings. The van der Waals surface area contributed by atoms with Crippen LogP contribution in [0.1, 0.15) is 29.5 Å². The summed E-state index contributed by atoms with van der Waals surface area (Å²) in [7, 11) is 1.65. The molecular weight excluding hydrogens is 438 g/mol. The van der Waals surface area contributed by atoms with Gasteiger partial charge in [0.05, 0.1) is 18.7 Å². The number of anilines is 1. The number of fused-ring (bicyclic) bond motifs is 1. The molecule has 1 amide bonds. The van der Waals surface area contributed by atoms with E-state index in [-0.39, 0.29) is 11.8 Å².